The van der Waals surface area contributed by atoms with Crippen LogP contribution in [-0.2, 0) is 0 Å². The molecule has 92 valence electrons. The first-order chi connectivity index (χ1) is 8.43. The standard InChI is InChI=1S/C13H19N3S/c1-2-13(16-7-9-17-10-8-16)15-12-4-6-14-5-3-11(1)12/h4-6,13,15H,1-3,7-10H2. The minimum Gasteiger partial charge on any atom is -0.370 e. The maximum absolute atomic E-state index is 4.23. The number of thioether (sulfide) groups is 1. The second-order valence-corrected chi connectivity index (χ2v) is 5.94. The average Bonchev–Trinajstić information content (AvgIpc) is 2.64. The summed E-state index contributed by atoms with van der Waals surface area (Å²) in [7, 11) is 0. The largest absolute Gasteiger partial charge is 0.370 e. The molecule has 0 aromatic rings. The van der Waals surface area contributed by atoms with Gasteiger partial charge in [-0.05, 0) is 24.5 Å². The summed E-state index contributed by atoms with van der Waals surface area (Å²) < 4.78 is 0. The first-order valence-electron chi connectivity index (χ1n) is 6.42. The van der Waals surface area contributed by atoms with Crippen LogP contribution in [0.5, 0.6) is 0 Å². The van der Waals surface area contributed by atoms with E-state index in [-0.39, 0.29) is 0 Å². The summed E-state index contributed by atoms with van der Waals surface area (Å²) in [5, 5.41) is 3.69. The second kappa shape index (κ2) is 5.27. The molecule has 1 atom stereocenters. The summed E-state index contributed by atoms with van der Waals surface area (Å²) >= 11 is 2.07. The van der Waals surface area contributed by atoms with Crippen LogP contribution in [-0.4, -0.2) is 41.9 Å². The Balaban J connectivity index is 1.69. The first kappa shape index (κ1) is 11.4. The van der Waals surface area contributed by atoms with E-state index in [1.165, 1.54) is 48.7 Å². The van der Waals surface area contributed by atoms with Crippen LogP contribution >= 0.6 is 11.8 Å². The number of hydrogen-bond acceptors (Lipinski definition) is 4. The van der Waals surface area contributed by atoms with Gasteiger partial charge < -0.3 is 5.32 Å². The van der Waals surface area contributed by atoms with E-state index in [0.29, 0.717) is 6.17 Å². The predicted octanol–water partition coefficient (Wildman–Crippen LogP) is 1.99. The molecule has 1 fully saturated rings. The van der Waals surface area contributed by atoms with Crippen molar-refractivity contribution in [1.29, 1.82) is 0 Å². The highest BCUT2D eigenvalue weighted by Crippen LogP contribution is 2.25. The van der Waals surface area contributed by atoms with Crippen LogP contribution in [0.1, 0.15) is 19.3 Å². The third-order valence-corrected chi connectivity index (χ3v) is 4.62. The fourth-order valence-electron chi connectivity index (χ4n) is 2.68. The van der Waals surface area contributed by atoms with Crippen LogP contribution in [0.3, 0.4) is 0 Å². The van der Waals surface area contributed by atoms with Gasteiger partial charge in [-0.25, -0.2) is 0 Å². The number of nitrogens with zero attached hydrogens (tertiary/aromatic N) is 2. The van der Waals surface area contributed by atoms with Crippen molar-refractivity contribution in [2.45, 2.75) is 25.4 Å². The third kappa shape index (κ3) is 2.58. The summed E-state index contributed by atoms with van der Waals surface area (Å²) in [6.45, 7) is 2.45. The molecule has 0 aliphatic carbocycles. The van der Waals surface area contributed by atoms with Crippen molar-refractivity contribution in [2.75, 3.05) is 24.6 Å². The van der Waals surface area contributed by atoms with Gasteiger partial charge in [-0.15, -0.1) is 0 Å². The monoisotopic (exact) mass is 249 g/mol. The van der Waals surface area contributed by atoms with Crippen molar-refractivity contribution in [1.82, 2.24) is 10.2 Å². The van der Waals surface area contributed by atoms with Crippen LogP contribution in [0.15, 0.2) is 28.5 Å². The second-order valence-electron chi connectivity index (χ2n) is 4.72. The van der Waals surface area contributed by atoms with Gasteiger partial charge in [-0.3, -0.25) is 9.89 Å². The summed E-state index contributed by atoms with van der Waals surface area (Å²) in [4.78, 5) is 6.83. The Hall–Kier alpha value is -0.740. The summed E-state index contributed by atoms with van der Waals surface area (Å²) in [5.74, 6) is 2.56. The van der Waals surface area contributed by atoms with Gasteiger partial charge >= 0.3 is 0 Å². The molecule has 0 spiro atoms. The molecule has 3 aliphatic rings. The van der Waals surface area contributed by atoms with E-state index in [9.17, 15) is 0 Å². The molecular formula is C13H19N3S. The van der Waals surface area contributed by atoms with Gasteiger partial charge in [0.1, 0.15) is 0 Å². The van der Waals surface area contributed by atoms with E-state index in [0.717, 1.165) is 6.42 Å². The highest BCUT2D eigenvalue weighted by molar-refractivity contribution is 7.99. The molecule has 3 nitrogen and oxygen atoms in total. The predicted molar refractivity (Wildman–Crippen MR) is 74.3 cm³/mol. The van der Waals surface area contributed by atoms with Crippen molar-refractivity contribution < 1.29 is 0 Å². The Kier molecular flexibility index (Phi) is 3.52. The molecule has 0 saturated carbocycles. The van der Waals surface area contributed by atoms with E-state index in [4.69, 9.17) is 0 Å². The highest BCUT2D eigenvalue weighted by Gasteiger charge is 2.25. The van der Waals surface area contributed by atoms with Crippen LogP contribution in [0.25, 0.3) is 0 Å². The van der Waals surface area contributed by atoms with Gasteiger partial charge in [0.2, 0.25) is 0 Å². The van der Waals surface area contributed by atoms with E-state index in [1.54, 1.807) is 0 Å². The first-order valence-corrected chi connectivity index (χ1v) is 7.57. The van der Waals surface area contributed by atoms with Crippen LogP contribution < -0.4 is 5.32 Å². The Morgan fingerprint density at radius 3 is 3.12 bits per heavy atom. The highest BCUT2D eigenvalue weighted by atomic mass is 32.2. The van der Waals surface area contributed by atoms with E-state index in [2.05, 4.69) is 33.0 Å². The average molecular weight is 249 g/mol. The maximum Gasteiger partial charge on any atom is 0.0796 e. The fourth-order valence-corrected chi connectivity index (χ4v) is 3.61. The van der Waals surface area contributed by atoms with Crippen molar-refractivity contribution in [2.24, 2.45) is 4.99 Å². The van der Waals surface area contributed by atoms with Gasteiger partial charge in [0.05, 0.1) is 6.17 Å². The molecular weight excluding hydrogens is 230 g/mol. The molecule has 3 aliphatic heterocycles. The topological polar surface area (TPSA) is 27.6 Å². The smallest absolute Gasteiger partial charge is 0.0796 e. The molecule has 0 bridgehead atoms. The zero-order valence-electron chi connectivity index (χ0n) is 10.1. The van der Waals surface area contributed by atoms with E-state index in [1.807, 2.05) is 12.4 Å². The Morgan fingerprint density at radius 1 is 1.35 bits per heavy atom. The Labute approximate surface area is 107 Å². The molecule has 0 aromatic carbocycles. The molecule has 1 N–H and O–H groups in total. The van der Waals surface area contributed by atoms with Gasteiger partial charge in [-0.1, -0.05) is 0 Å². The summed E-state index contributed by atoms with van der Waals surface area (Å²) in [6.07, 6.45) is 10.1. The molecule has 1 unspecified atom stereocenters. The Bertz CT molecular complexity index is 367. The number of rotatable bonds is 1. The van der Waals surface area contributed by atoms with Crippen LogP contribution in [0.2, 0.25) is 0 Å². The van der Waals surface area contributed by atoms with Crippen molar-refractivity contribution in [3.8, 4) is 0 Å². The van der Waals surface area contributed by atoms with Crippen molar-refractivity contribution in [3.63, 3.8) is 0 Å². The lowest BCUT2D eigenvalue weighted by Gasteiger charge is -2.38. The summed E-state index contributed by atoms with van der Waals surface area (Å²) in [5.41, 5.74) is 2.84. The molecule has 0 amide bonds. The lowest BCUT2D eigenvalue weighted by molar-refractivity contribution is 0.176. The molecule has 1 saturated heterocycles. The summed E-state index contributed by atoms with van der Waals surface area (Å²) in [6, 6.07) is 0. The van der Waals surface area contributed by atoms with Gasteiger partial charge in [-0.2, -0.15) is 11.8 Å². The van der Waals surface area contributed by atoms with E-state index < -0.39 is 0 Å². The van der Waals surface area contributed by atoms with Gasteiger partial charge in [0.15, 0.2) is 0 Å². The molecule has 3 heterocycles. The molecule has 0 radical (unpaired) electrons. The number of allylic oxidation sites excluding steroid dienone is 2. The Morgan fingerprint density at radius 2 is 2.24 bits per heavy atom. The molecule has 4 heteroatoms. The number of aliphatic imine (C=N–C) groups is 1. The lowest BCUT2D eigenvalue weighted by Crippen LogP contribution is -2.50. The van der Waals surface area contributed by atoms with E-state index >= 15 is 0 Å². The SMILES string of the molecule is C1=CC2=C(CC=N1)CCC(N1CCSCC1)N2. The number of nitrogens with one attached hydrogen (secondary N) is 1. The molecule has 17 heavy (non-hydrogen) atoms. The normalized spacial score (nSPS) is 29.8. The fraction of sp³-hybridized carbons (Fsp3) is 0.615. The minimum absolute atomic E-state index is 0.539. The molecule has 0 aromatic heterocycles. The lowest BCUT2D eigenvalue weighted by atomic mass is 9.99. The molecule has 3 rings (SSSR count). The van der Waals surface area contributed by atoms with Crippen LogP contribution in [0, 0.1) is 0 Å². The quantitative estimate of drug-likeness (QED) is 0.770. The minimum atomic E-state index is 0.539. The van der Waals surface area contributed by atoms with Crippen LogP contribution in [0.4, 0.5) is 0 Å². The van der Waals surface area contributed by atoms with Gasteiger partial charge in [0.25, 0.3) is 0 Å². The van der Waals surface area contributed by atoms with Crippen molar-refractivity contribution in [3.05, 3.63) is 23.5 Å². The van der Waals surface area contributed by atoms with Crippen molar-refractivity contribution >= 4 is 18.0 Å². The maximum atomic E-state index is 4.23. The van der Waals surface area contributed by atoms with Gasteiger partial charge in [0, 0.05) is 49.1 Å². The zero-order valence-corrected chi connectivity index (χ0v) is 10.9. The zero-order chi connectivity index (χ0) is 11.5. The number of hydrogen-bond donors (Lipinski definition) is 1. The third-order valence-electron chi connectivity index (χ3n) is 3.68.